The van der Waals surface area contributed by atoms with Crippen LogP contribution in [0, 0.1) is 0 Å². The molecule has 0 saturated heterocycles. The first-order valence-corrected chi connectivity index (χ1v) is 8.62. The van der Waals surface area contributed by atoms with E-state index in [0.717, 1.165) is 0 Å². The molecule has 0 fully saturated rings. The van der Waals surface area contributed by atoms with Crippen LogP contribution in [0.4, 0.5) is 17.3 Å². The summed E-state index contributed by atoms with van der Waals surface area (Å²) in [6.07, 6.45) is 0. The van der Waals surface area contributed by atoms with Crippen LogP contribution in [0.25, 0.3) is 0 Å². The zero-order chi connectivity index (χ0) is 17.4. The van der Waals surface area contributed by atoms with Crippen LogP contribution < -0.4 is 15.9 Å². The molecule has 0 atom stereocenters. The maximum atomic E-state index is 9.75. The summed E-state index contributed by atoms with van der Waals surface area (Å²) in [5, 5.41) is 4.19. The fourth-order valence-corrected chi connectivity index (χ4v) is 4.48. The van der Waals surface area contributed by atoms with Gasteiger partial charge in [0.25, 0.3) is 0 Å². The maximum Gasteiger partial charge on any atom is 1.00 e. The summed E-state index contributed by atoms with van der Waals surface area (Å²) in [4.78, 5) is 0. The van der Waals surface area contributed by atoms with E-state index in [1.54, 1.807) is 0 Å². The van der Waals surface area contributed by atoms with Crippen molar-refractivity contribution in [1.82, 2.24) is 0 Å². The molecule has 25 heavy (non-hydrogen) atoms. The van der Waals surface area contributed by atoms with E-state index in [-0.39, 0.29) is 22.4 Å². The Morgan fingerprint density at radius 3 is 0.880 bits per heavy atom. The molecule has 0 nitrogen and oxygen atoms in total. The zero-order valence-electron chi connectivity index (χ0n) is 13.0. The van der Waals surface area contributed by atoms with E-state index >= 15 is 0 Å². The maximum absolute atomic E-state index is 9.75. The van der Waals surface area contributed by atoms with Gasteiger partial charge in [-0.2, -0.15) is 0 Å². The van der Waals surface area contributed by atoms with Crippen LogP contribution in [0.15, 0.2) is 91.0 Å². The zero-order valence-corrected chi connectivity index (χ0v) is 16.1. The molecular weight excluding hydrogens is 531 g/mol. The SMILES string of the molecule is F[B-](F)(F)F.[Au+].c1ccc(P(c2ccccc2)c2ccccc2)cc1. The Morgan fingerprint density at radius 1 is 0.480 bits per heavy atom. The second kappa shape index (κ2) is 10.6. The number of halogens is 4. The van der Waals surface area contributed by atoms with Crippen LogP contribution >= 0.6 is 7.92 Å². The Bertz CT molecular complexity index is 624. The third-order valence-electron chi connectivity index (χ3n) is 3.04. The standard InChI is InChI=1S/C18H15P.Au.BF4/c1-4-10-16(11-5-1)19(17-12-6-2-7-13-17)18-14-8-3-9-15-18;;2-1(3,4)5/h1-15H;;/q;+1;-1. The molecule has 0 saturated carbocycles. The van der Waals surface area contributed by atoms with Gasteiger partial charge >= 0.3 is 29.6 Å². The molecule has 134 valence electrons. The van der Waals surface area contributed by atoms with Crippen molar-refractivity contribution in [2.24, 2.45) is 0 Å². The third-order valence-corrected chi connectivity index (χ3v) is 5.49. The summed E-state index contributed by atoms with van der Waals surface area (Å²) in [5.41, 5.74) is 0. The monoisotopic (exact) mass is 546 g/mol. The van der Waals surface area contributed by atoms with E-state index in [1.165, 1.54) is 15.9 Å². The van der Waals surface area contributed by atoms with Gasteiger partial charge in [-0.15, -0.1) is 0 Å². The molecule has 0 aliphatic rings. The van der Waals surface area contributed by atoms with Crippen LogP contribution in [0.1, 0.15) is 0 Å². The minimum absolute atomic E-state index is 0. The summed E-state index contributed by atoms with van der Waals surface area (Å²) in [6, 6.07) is 32.3. The molecule has 0 aliphatic heterocycles. The van der Waals surface area contributed by atoms with Crippen molar-refractivity contribution in [3.8, 4) is 0 Å². The van der Waals surface area contributed by atoms with Gasteiger partial charge in [-0.25, -0.2) is 0 Å². The van der Waals surface area contributed by atoms with Crippen LogP contribution in [0.3, 0.4) is 0 Å². The minimum Gasteiger partial charge on any atom is -0.418 e. The van der Waals surface area contributed by atoms with Gasteiger partial charge in [-0.3, -0.25) is 0 Å². The molecule has 0 radical (unpaired) electrons. The molecule has 0 amide bonds. The van der Waals surface area contributed by atoms with E-state index in [0.29, 0.717) is 0 Å². The average Bonchev–Trinajstić information content (AvgIpc) is 2.57. The molecule has 0 aliphatic carbocycles. The first kappa shape index (κ1) is 21.7. The van der Waals surface area contributed by atoms with Crippen molar-refractivity contribution in [2.75, 3.05) is 0 Å². The molecule has 7 heteroatoms. The smallest absolute Gasteiger partial charge is 0.418 e. The van der Waals surface area contributed by atoms with Crippen molar-refractivity contribution >= 4 is 31.1 Å². The average molecular weight is 546 g/mol. The van der Waals surface area contributed by atoms with Crippen LogP contribution in [0.2, 0.25) is 0 Å². The van der Waals surface area contributed by atoms with Crippen molar-refractivity contribution < 1.29 is 39.6 Å². The largest absolute Gasteiger partial charge is 1.00 e. The summed E-state index contributed by atoms with van der Waals surface area (Å²) in [5.74, 6) is 0. The predicted molar refractivity (Wildman–Crippen MR) is 95.3 cm³/mol. The first-order chi connectivity index (χ1) is 11.4. The second-order valence-electron chi connectivity index (χ2n) is 4.84. The molecular formula is C18H15AuBF4P. The summed E-state index contributed by atoms with van der Waals surface area (Å²) < 4.78 is 39.0. The molecule has 0 aromatic heterocycles. The topological polar surface area (TPSA) is 0 Å². The van der Waals surface area contributed by atoms with Crippen LogP contribution in [-0.2, 0) is 22.4 Å². The molecule has 0 bridgehead atoms. The Balaban J connectivity index is 0.000000462. The number of hydrogen-bond acceptors (Lipinski definition) is 0. The molecule has 0 spiro atoms. The van der Waals surface area contributed by atoms with Crippen molar-refractivity contribution in [3.63, 3.8) is 0 Å². The molecule has 3 rings (SSSR count). The van der Waals surface area contributed by atoms with Crippen molar-refractivity contribution in [1.29, 1.82) is 0 Å². The fourth-order valence-electron chi connectivity index (χ4n) is 2.18. The fraction of sp³-hybridized carbons (Fsp3) is 0. The van der Waals surface area contributed by atoms with Crippen molar-refractivity contribution in [2.45, 2.75) is 0 Å². The van der Waals surface area contributed by atoms with Gasteiger partial charge in [0.2, 0.25) is 0 Å². The summed E-state index contributed by atoms with van der Waals surface area (Å²) in [6.45, 7) is 0. The molecule has 3 aromatic carbocycles. The molecule has 0 N–H and O–H groups in total. The van der Waals surface area contributed by atoms with Gasteiger partial charge in [0.15, 0.2) is 0 Å². The van der Waals surface area contributed by atoms with Gasteiger partial charge < -0.3 is 17.3 Å². The minimum atomic E-state index is -6.00. The van der Waals surface area contributed by atoms with E-state index in [2.05, 4.69) is 91.0 Å². The predicted octanol–water partition coefficient (Wildman–Crippen LogP) is 4.74. The van der Waals surface area contributed by atoms with Crippen molar-refractivity contribution in [3.05, 3.63) is 91.0 Å². The molecule has 3 aromatic rings. The van der Waals surface area contributed by atoms with Gasteiger partial charge in [0.05, 0.1) is 0 Å². The Labute approximate surface area is 161 Å². The van der Waals surface area contributed by atoms with Crippen LogP contribution in [-0.4, -0.2) is 7.25 Å². The molecule has 0 heterocycles. The van der Waals surface area contributed by atoms with E-state index in [9.17, 15) is 17.3 Å². The summed E-state index contributed by atoms with van der Waals surface area (Å²) >= 11 is 0. The number of rotatable bonds is 3. The van der Waals surface area contributed by atoms with Crippen LogP contribution in [0.5, 0.6) is 0 Å². The van der Waals surface area contributed by atoms with E-state index < -0.39 is 15.2 Å². The summed E-state index contributed by atoms with van der Waals surface area (Å²) in [7, 11) is -6.45. The third kappa shape index (κ3) is 8.02. The quantitative estimate of drug-likeness (QED) is 0.253. The van der Waals surface area contributed by atoms with Gasteiger partial charge in [-0.05, 0) is 23.8 Å². The Hall–Kier alpha value is -1.38. The van der Waals surface area contributed by atoms with E-state index in [4.69, 9.17) is 0 Å². The van der Waals surface area contributed by atoms with Gasteiger partial charge in [0, 0.05) is 0 Å². The van der Waals surface area contributed by atoms with E-state index in [1.807, 2.05) is 0 Å². The van der Waals surface area contributed by atoms with Gasteiger partial charge in [-0.1, -0.05) is 91.0 Å². The normalized spacial score (nSPS) is 10.4. The second-order valence-corrected chi connectivity index (χ2v) is 7.06. The number of benzene rings is 3. The number of hydrogen-bond donors (Lipinski definition) is 0. The first-order valence-electron chi connectivity index (χ1n) is 7.28. The Morgan fingerprint density at radius 2 is 0.680 bits per heavy atom. The molecule has 0 unspecified atom stereocenters. The Kier molecular flexibility index (Phi) is 9.16. The van der Waals surface area contributed by atoms with Gasteiger partial charge in [0.1, 0.15) is 0 Å².